The minimum absolute atomic E-state index is 0.0357. The second-order valence-electron chi connectivity index (χ2n) is 8.48. The number of fused-ring (bicyclic) bond motifs is 1. The van der Waals surface area contributed by atoms with Gasteiger partial charge >= 0.3 is 0 Å². The van der Waals surface area contributed by atoms with Gasteiger partial charge in [0.2, 0.25) is 0 Å². The van der Waals surface area contributed by atoms with Gasteiger partial charge in [0.25, 0.3) is 11.8 Å². The Bertz CT molecular complexity index is 926. The fourth-order valence-corrected chi connectivity index (χ4v) is 4.79. The van der Waals surface area contributed by atoms with Gasteiger partial charge in [-0.3, -0.25) is 14.3 Å². The van der Waals surface area contributed by atoms with Gasteiger partial charge in [-0.1, -0.05) is 0 Å². The molecule has 2 aromatic rings. The number of nitrogens with one attached hydrogen (secondary N) is 1. The summed E-state index contributed by atoms with van der Waals surface area (Å²) in [4.78, 5) is 23.6. The van der Waals surface area contributed by atoms with Gasteiger partial charge in [0.1, 0.15) is 17.8 Å². The Balaban J connectivity index is 1.25. The van der Waals surface area contributed by atoms with E-state index in [4.69, 9.17) is 4.74 Å². The first-order valence-electron chi connectivity index (χ1n) is 10.5. The first-order valence-corrected chi connectivity index (χ1v) is 10.5. The molecule has 2 fully saturated rings. The Kier molecular flexibility index (Phi) is 5.02. The number of amides is 1. The van der Waals surface area contributed by atoms with E-state index in [9.17, 15) is 13.6 Å². The van der Waals surface area contributed by atoms with Crippen LogP contribution in [-0.2, 0) is 18.0 Å². The van der Waals surface area contributed by atoms with Crippen LogP contribution < -0.4 is 5.32 Å². The highest BCUT2D eigenvalue weighted by Gasteiger charge is 2.41. The number of hydrogen-bond acceptors (Lipinski definition) is 5. The van der Waals surface area contributed by atoms with E-state index in [0.717, 1.165) is 36.8 Å². The number of carbonyl (C=O) groups is 1. The molecule has 30 heavy (non-hydrogen) atoms. The van der Waals surface area contributed by atoms with E-state index in [0.29, 0.717) is 31.3 Å². The number of ether oxygens (including phenoxy) is 1. The predicted octanol–water partition coefficient (Wildman–Crippen LogP) is 2.68. The van der Waals surface area contributed by atoms with Crippen molar-refractivity contribution in [1.29, 1.82) is 0 Å². The van der Waals surface area contributed by atoms with Gasteiger partial charge < -0.3 is 10.1 Å². The van der Waals surface area contributed by atoms with Crippen LogP contribution in [0, 0.1) is 0 Å². The van der Waals surface area contributed by atoms with E-state index in [1.807, 2.05) is 11.0 Å². The third-order valence-corrected chi connectivity index (χ3v) is 6.44. The molecule has 9 heteroatoms. The van der Waals surface area contributed by atoms with Crippen molar-refractivity contribution in [3.05, 3.63) is 41.6 Å². The molecule has 1 N–H and O–H groups in total. The average Bonchev–Trinajstić information content (AvgIpc) is 3.48. The Morgan fingerprint density at radius 3 is 2.77 bits per heavy atom. The van der Waals surface area contributed by atoms with Gasteiger partial charge in [-0.05, 0) is 37.3 Å². The van der Waals surface area contributed by atoms with Gasteiger partial charge in [0.05, 0.1) is 19.8 Å². The van der Waals surface area contributed by atoms with Crippen LogP contribution in [0.1, 0.15) is 53.7 Å². The molecule has 0 bridgehead atoms. The van der Waals surface area contributed by atoms with E-state index in [2.05, 4.69) is 15.3 Å². The number of halogens is 2. The molecule has 0 radical (unpaired) electrons. The molecule has 7 nitrogen and oxygen atoms in total. The molecule has 1 aliphatic carbocycles. The van der Waals surface area contributed by atoms with Crippen LogP contribution in [0.25, 0.3) is 5.82 Å². The molecular formula is C21H25F2N5O2. The molecule has 0 spiro atoms. The summed E-state index contributed by atoms with van der Waals surface area (Å²) in [7, 11) is 0. The Hall–Kier alpha value is -2.39. The van der Waals surface area contributed by atoms with Crippen LogP contribution >= 0.6 is 0 Å². The zero-order valence-electron chi connectivity index (χ0n) is 16.7. The van der Waals surface area contributed by atoms with Crippen LogP contribution in [-0.4, -0.2) is 56.4 Å². The van der Waals surface area contributed by atoms with Crippen LogP contribution in [0.3, 0.4) is 0 Å². The summed E-state index contributed by atoms with van der Waals surface area (Å²) in [6.45, 7) is 1.17. The Morgan fingerprint density at radius 1 is 1.23 bits per heavy atom. The van der Waals surface area contributed by atoms with E-state index < -0.39 is 5.92 Å². The van der Waals surface area contributed by atoms with Crippen molar-refractivity contribution in [1.82, 2.24) is 24.8 Å². The van der Waals surface area contributed by atoms with Crippen LogP contribution in [0.4, 0.5) is 8.78 Å². The first kappa shape index (κ1) is 19.6. The third-order valence-electron chi connectivity index (χ3n) is 6.44. The standard InChI is InChI=1S/C21H25F2N5O2/c22-21(23)5-7-27(12-21)16-3-1-15(2-4-16)25-20(29)19-17-11-30-10-14(17)9-18(26-19)28-8-6-24-13-28/h6,8-9,13,15-16H,1-5,7,10-12H2,(H,25,29)/t15-,16-. The second-order valence-corrected chi connectivity index (χ2v) is 8.48. The molecule has 1 saturated heterocycles. The molecule has 0 unspecified atom stereocenters. The lowest BCUT2D eigenvalue weighted by Gasteiger charge is -2.34. The molecule has 2 aromatic heterocycles. The summed E-state index contributed by atoms with van der Waals surface area (Å²) in [6, 6.07) is 2.15. The van der Waals surface area contributed by atoms with Crippen LogP contribution in [0.2, 0.25) is 0 Å². The number of nitrogens with zero attached hydrogens (tertiary/aromatic N) is 4. The van der Waals surface area contributed by atoms with Crippen LogP contribution in [0.15, 0.2) is 24.8 Å². The lowest BCUT2D eigenvalue weighted by Crippen LogP contribution is -2.44. The summed E-state index contributed by atoms with van der Waals surface area (Å²) in [6.07, 6.45) is 8.28. The lowest BCUT2D eigenvalue weighted by atomic mass is 9.90. The summed E-state index contributed by atoms with van der Waals surface area (Å²) in [5.74, 6) is -2.12. The highest BCUT2D eigenvalue weighted by Crippen LogP contribution is 2.33. The Morgan fingerprint density at radius 2 is 2.07 bits per heavy atom. The van der Waals surface area contributed by atoms with Gasteiger partial charge in [0, 0.05) is 43.0 Å². The van der Waals surface area contributed by atoms with Crippen molar-refractivity contribution in [3.8, 4) is 5.82 Å². The zero-order chi connectivity index (χ0) is 20.7. The SMILES string of the molecule is O=C(N[C@H]1CC[C@H](N2CCC(F)(F)C2)CC1)c1nc(-n2ccnc2)cc2c1COC2. The van der Waals surface area contributed by atoms with Gasteiger partial charge in [-0.25, -0.2) is 18.7 Å². The van der Waals surface area contributed by atoms with E-state index in [1.54, 1.807) is 23.3 Å². The Labute approximate surface area is 173 Å². The first-order chi connectivity index (χ1) is 14.5. The molecule has 4 heterocycles. The number of aromatic nitrogens is 3. The number of imidazole rings is 1. The maximum atomic E-state index is 13.5. The van der Waals surface area contributed by atoms with Crippen molar-refractivity contribution in [2.45, 2.75) is 63.3 Å². The molecule has 1 saturated carbocycles. The van der Waals surface area contributed by atoms with Crippen molar-refractivity contribution in [2.24, 2.45) is 0 Å². The molecule has 5 rings (SSSR count). The highest BCUT2D eigenvalue weighted by atomic mass is 19.3. The second kappa shape index (κ2) is 7.70. The molecule has 3 aliphatic rings. The van der Waals surface area contributed by atoms with Crippen molar-refractivity contribution in [2.75, 3.05) is 13.1 Å². The normalized spacial score (nSPS) is 25.9. The third kappa shape index (κ3) is 3.83. The van der Waals surface area contributed by atoms with Gasteiger partial charge in [-0.2, -0.15) is 0 Å². The number of carbonyl (C=O) groups excluding carboxylic acids is 1. The number of alkyl halides is 2. The van der Waals surface area contributed by atoms with Gasteiger partial charge in [0.15, 0.2) is 0 Å². The quantitative estimate of drug-likeness (QED) is 0.828. The highest BCUT2D eigenvalue weighted by molar-refractivity contribution is 5.94. The lowest BCUT2D eigenvalue weighted by molar-refractivity contribution is 0.00504. The van der Waals surface area contributed by atoms with Crippen LogP contribution in [0.5, 0.6) is 0 Å². The number of pyridine rings is 1. The zero-order valence-corrected chi connectivity index (χ0v) is 16.7. The molecule has 1 amide bonds. The minimum Gasteiger partial charge on any atom is -0.372 e. The smallest absolute Gasteiger partial charge is 0.270 e. The molecule has 160 valence electrons. The summed E-state index contributed by atoms with van der Waals surface area (Å²) >= 11 is 0. The largest absolute Gasteiger partial charge is 0.372 e. The molecule has 0 atom stereocenters. The van der Waals surface area contributed by atoms with Crippen molar-refractivity contribution in [3.63, 3.8) is 0 Å². The molecular weight excluding hydrogens is 392 g/mol. The van der Waals surface area contributed by atoms with E-state index >= 15 is 0 Å². The molecule has 2 aliphatic heterocycles. The average molecular weight is 417 g/mol. The summed E-state index contributed by atoms with van der Waals surface area (Å²) in [5.41, 5.74) is 2.21. The van der Waals surface area contributed by atoms with E-state index in [-0.39, 0.29) is 31.0 Å². The topological polar surface area (TPSA) is 72.3 Å². The van der Waals surface area contributed by atoms with Crippen molar-refractivity contribution < 1.29 is 18.3 Å². The summed E-state index contributed by atoms with van der Waals surface area (Å²) in [5, 5.41) is 3.12. The number of hydrogen-bond donors (Lipinski definition) is 1. The van der Waals surface area contributed by atoms with E-state index in [1.165, 1.54) is 0 Å². The minimum atomic E-state index is -2.56. The fraction of sp³-hybridized carbons (Fsp3) is 0.571. The summed E-state index contributed by atoms with van der Waals surface area (Å²) < 4.78 is 34.3. The van der Waals surface area contributed by atoms with Gasteiger partial charge in [-0.15, -0.1) is 0 Å². The number of likely N-dealkylation sites (tertiary alicyclic amines) is 1. The maximum absolute atomic E-state index is 13.5. The number of rotatable bonds is 4. The monoisotopic (exact) mass is 417 g/mol. The van der Waals surface area contributed by atoms with Crippen molar-refractivity contribution >= 4 is 5.91 Å². The molecule has 0 aromatic carbocycles. The maximum Gasteiger partial charge on any atom is 0.270 e. The fourth-order valence-electron chi connectivity index (χ4n) is 4.79. The predicted molar refractivity (Wildman–Crippen MR) is 104 cm³/mol.